The van der Waals surface area contributed by atoms with Gasteiger partial charge < -0.3 is 19.9 Å². The second-order valence-corrected chi connectivity index (χ2v) is 7.79. The zero-order valence-electron chi connectivity index (χ0n) is 16.3. The van der Waals surface area contributed by atoms with Gasteiger partial charge in [0.1, 0.15) is 0 Å². The Kier molecular flexibility index (Phi) is 5.40. The molecule has 1 N–H and O–H groups in total. The SMILES string of the molecule is COc1nc(C)c(-c2ccnc(Nc3ccc(N4CCN(C)CC4)cc3)n2)s1. The Morgan fingerprint density at radius 2 is 1.79 bits per heavy atom. The number of aromatic nitrogens is 3. The Bertz CT molecular complexity index is 934. The van der Waals surface area contributed by atoms with Gasteiger partial charge in [0.15, 0.2) is 0 Å². The summed E-state index contributed by atoms with van der Waals surface area (Å²) in [4.78, 5) is 19.2. The van der Waals surface area contributed by atoms with Gasteiger partial charge >= 0.3 is 0 Å². The average Bonchev–Trinajstić information content (AvgIpc) is 3.10. The number of aryl methyl sites for hydroxylation is 1. The lowest BCUT2D eigenvalue weighted by Crippen LogP contribution is -2.44. The van der Waals surface area contributed by atoms with Gasteiger partial charge in [-0.1, -0.05) is 11.3 Å². The van der Waals surface area contributed by atoms with Crippen LogP contribution < -0.4 is 15.0 Å². The van der Waals surface area contributed by atoms with Crippen LogP contribution >= 0.6 is 11.3 Å². The van der Waals surface area contributed by atoms with Crippen LogP contribution in [0.3, 0.4) is 0 Å². The minimum Gasteiger partial charge on any atom is -0.473 e. The molecule has 0 saturated carbocycles. The summed E-state index contributed by atoms with van der Waals surface area (Å²) in [5.74, 6) is 0.566. The molecule has 1 aromatic carbocycles. The molecule has 0 aliphatic carbocycles. The molecule has 4 rings (SSSR count). The number of thiazole rings is 1. The lowest BCUT2D eigenvalue weighted by atomic mass is 10.2. The van der Waals surface area contributed by atoms with Crippen LogP contribution in [-0.2, 0) is 0 Å². The third-order valence-electron chi connectivity index (χ3n) is 4.83. The van der Waals surface area contributed by atoms with Crippen LogP contribution in [0.5, 0.6) is 5.19 Å². The third-order valence-corrected chi connectivity index (χ3v) is 5.97. The molecule has 1 fully saturated rings. The minimum absolute atomic E-state index is 0.566. The molecule has 2 aromatic heterocycles. The maximum Gasteiger partial charge on any atom is 0.273 e. The van der Waals surface area contributed by atoms with Crippen molar-refractivity contribution in [2.75, 3.05) is 50.6 Å². The zero-order valence-corrected chi connectivity index (χ0v) is 17.2. The van der Waals surface area contributed by atoms with E-state index in [1.807, 2.05) is 13.0 Å². The molecule has 0 bridgehead atoms. The molecule has 3 heterocycles. The number of nitrogens with one attached hydrogen (secondary N) is 1. The standard InChI is InChI=1S/C20H24N6OS/c1-14-18(28-20(22-14)27-3)17-8-9-21-19(24-17)23-15-4-6-16(7-5-15)26-12-10-25(2)11-13-26/h4-9H,10-13H2,1-3H3,(H,21,23,24). The summed E-state index contributed by atoms with van der Waals surface area (Å²) in [6.07, 6.45) is 1.76. The van der Waals surface area contributed by atoms with E-state index in [1.54, 1.807) is 13.3 Å². The first-order valence-corrected chi connectivity index (χ1v) is 10.1. The summed E-state index contributed by atoms with van der Waals surface area (Å²) >= 11 is 1.49. The highest BCUT2D eigenvalue weighted by molar-refractivity contribution is 7.17. The molecule has 0 unspecified atom stereocenters. The quantitative estimate of drug-likeness (QED) is 0.709. The molecule has 3 aromatic rings. The van der Waals surface area contributed by atoms with Crippen molar-refractivity contribution in [1.29, 1.82) is 0 Å². The Labute approximate surface area is 169 Å². The monoisotopic (exact) mass is 396 g/mol. The van der Waals surface area contributed by atoms with Crippen molar-refractivity contribution in [3.63, 3.8) is 0 Å². The van der Waals surface area contributed by atoms with Crippen molar-refractivity contribution in [3.8, 4) is 15.8 Å². The fraction of sp³-hybridized carbons (Fsp3) is 0.350. The summed E-state index contributed by atoms with van der Waals surface area (Å²) in [7, 11) is 3.79. The van der Waals surface area contributed by atoms with E-state index < -0.39 is 0 Å². The predicted octanol–water partition coefficient (Wildman–Crippen LogP) is 3.41. The second-order valence-electron chi connectivity index (χ2n) is 6.83. The zero-order chi connectivity index (χ0) is 19.5. The predicted molar refractivity (Wildman–Crippen MR) is 114 cm³/mol. The van der Waals surface area contributed by atoms with Crippen molar-refractivity contribution in [1.82, 2.24) is 19.9 Å². The van der Waals surface area contributed by atoms with Crippen molar-refractivity contribution >= 4 is 28.7 Å². The molecule has 8 heteroatoms. The molecule has 1 aliphatic heterocycles. The lowest BCUT2D eigenvalue weighted by molar-refractivity contribution is 0.313. The molecule has 0 radical (unpaired) electrons. The molecule has 0 spiro atoms. The highest BCUT2D eigenvalue weighted by Crippen LogP contribution is 2.33. The van der Waals surface area contributed by atoms with Crippen LogP contribution in [0.2, 0.25) is 0 Å². The van der Waals surface area contributed by atoms with E-state index in [9.17, 15) is 0 Å². The van der Waals surface area contributed by atoms with Crippen molar-refractivity contribution < 1.29 is 4.74 Å². The van der Waals surface area contributed by atoms with Gasteiger partial charge in [-0.2, -0.15) is 0 Å². The van der Waals surface area contributed by atoms with Crippen molar-refractivity contribution in [2.24, 2.45) is 0 Å². The summed E-state index contributed by atoms with van der Waals surface area (Å²) in [5, 5.41) is 3.93. The van der Waals surface area contributed by atoms with Crippen LogP contribution in [0, 0.1) is 6.92 Å². The summed E-state index contributed by atoms with van der Waals surface area (Å²) in [6.45, 7) is 6.28. The number of ether oxygens (including phenoxy) is 1. The van der Waals surface area contributed by atoms with E-state index in [-0.39, 0.29) is 0 Å². The van der Waals surface area contributed by atoms with Crippen LogP contribution in [0.4, 0.5) is 17.3 Å². The van der Waals surface area contributed by atoms with Crippen LogP contribution in [-0.4, -0.2) is 60.2 Å². The number of methoxy groups -OCH3 is 1. The molecule has 28 heavy (non-hydrogen) atoms. The highest BCUT2D eigenvalue weighted by atomic mass is 32.1. The topological polar surface area (TPSA) is 66.4 Å². The molecule has 0 atom stereocenters. The molecule has 1 aliphatic rings. The van der Waals surface area contributed by atoms with Gasteiger partial charge in [0.05, 0.1) is 23.4 Å². The number of nitrogens with zero attached hydrogens (tertiary/aromatic N) is 5. The molecular formula is C20H24N6OS. The van der Waals surface area contributed by atoms with Crippen LogP contribution in [0.25, 0.3) is 10.6 Å². The molecule has 7 nitrogen and oxygen atoms in total. The minimum atomic E-state index is 0.566. The number of anilines is 3. The van der Waals surface area contributed by atoms with E-state index in [0.29, 0.717) is 11.1 Å². The fourth-order valence-electron chi connectivity index (χ4n) is 3.19. The smallest absolute Gasteiger partial charge is 0.273 e. The Morgan fingerprint density at radius 1 is 1.04 bits per heavy atom. The van der Waals surface area contributed by atoms with Gasteiger partial charge in [-0.3, -0.25) is 0 Å². The summed E-state index contributed by atoms with van der Waals surface area (Å²) in [5.41, 5.74) is 3.96. The van der Waals surface area contributed by atoms with E-state index in [0.717, 1.165) is 48.1 Å². The van der Waals surface area contributed by atoms with Crippen molar-refractivity contribution in [2.45, 2.75) is 6.92 Å². The summed E-state index contributed by atoms with van der Waals surface area (Å²) < 4.78 is 5.23. The van der Waals surface area contributed by atoms with Gasteiger partial charge in [0.2, 0.25) is 5.95 Å². The normalized spacial score (nSPS) is 14.9. The van der Waals surface area contributed by atoms with Crippen LogP contribution in [0.15, 0.2) is 36.5 Å². The number of piperazine rings is 1. The van der Waals surface area contributed by atoms with Gasteiger partial charge in [-0.25, -0.2) is 15.0 Å². The first kappa shape index (κ1) is 18.6. The second kappa shape index (κ2) is 8.12. The largest absolute Gasteiger partial charge is 0.473 e. The Morgan fingerprint density at radius 3 is 2.46 bits per heavy atom. The maximum absolute atomic E-state index is 5.23. The van der Waals surface area contributed by atoms with E-state index >= 15 is 0 Å². The maximum atomic E-state index is 5.23. The number of benzene rings is 1. The van der Waals surface area contributed by atoms with E-state index in [4.69, 9.17) is 4.74 Å². The van der Waals surface area contributed by atoms with Gasteiger partial charge in [-0.05, 0) is 44.3 Å². The van der Waals surface area contributed by atoms with Crippen molar-refractivity contribution in [3.05, 3.63) is 42.2 Å². The fourth-order valence-corrected chi connectivity index (χ4v) is 4.04. The van der Waals surface area contributed by atoms with Gasteiger partial charge in [0, 0.05) is 43.8 Å². The summed E-state index contributed by atoms with van der Waals surface area (Å²) in [6, 6.07) is 10.3. The van der Waals surface area contributed by atoms with Crippen LogP contribution in [0.1, 0.15) is 5.69 Å². The van der Waals surface area contributed by atoms with E-state index in [2.05, 4.69) is 61.4 Å². The third kappa shape index (κ3) is 4.07. The molecule has 1 saturated heterocycles. The molecule has 0 amide bonds. The number of likely N-dealkylation sites (N-methyl/N-ethyl adjacent to an activating group) is 1. The first-order valence-electron chi connectivity index (χ1n) is 9.28. The Hall–Kier alpha value is -2.71. The highest BCUT2D eigenvalue weighted by Gasteiger charge is 2.15. The average molecular weight is 397 g/mol. The molecule has 146 valence electrons. The number of rotatable bonds is 5. The number of hydrogen-bond acceptors (Lipinski definition) is 8. The lowest BCUT2D eigenvalue weighted by Gasteiger charge is -2.34. The number of hydrogen-bond donors (Lipinski definition) is 1. The Balaban J connectivity index is 1.48. The van der Waals surface area contributed by atoms with E-state index in [1.165, 1.54) is 17.0 Å². The first-order chi connectivity index (χ1) is 13.6. The van der Waals surface area contributed by atoms with Gasteiger partial charge in [-0.15, -0.1) is 0 Å². The van der Waals surface area contributed by atoms with Gasteiger partial charge in [0.25, 0.3) is 5.19 Å². The molecular weight excluding hydrogens is 372 g/mol.